The van der Waals surface area contributed by atoms with Gasteiger partial charge in [0.25, 0.3) is 0 Å². The van der Waals surface area contributed by atoms with Gasteiger partial charge in [-0.2, -0.15) is 0 Å². The van der Waals surface area contributed by atoms with Gasteiger partial charge in [0.15, 0.2) is 0 Å². The van der Waals surface area contributed by atoms with E-state index in [1.165, 1.54) is 19.1 Å². The number of hydrogen-bond donors (Lipinski definition) is 3. The van der Waals surface area contributed by atoms with E-state index in [1.54, 1.807) is 13.2 Å². The first-order valence-electron chi connectivity index (χ1n) is 11.9. The van der Waals surface area contributed by atoms with Gasteiger partial charge in [-0.1, -0.05) is 32.0 Å². The third-order valence-electron chi connectivity index (χ3n) is 6.39. The molecule has 1 aliphatic rings. The molecule has 0 spiro atoms. The summed E-state index contributed by atoms with van der Waals surface area (Å²) in [6.45, 7) is 6.16. The van der Waals surface area contributed by atoms with Crippen LogP contribution in [0.3, 0.4) is 0 Å². The molecule has 0 aliphatic heterocycles. The number of benzene rings is 2. The lowest BCUT2D eigenvalue weighted by Gasteiger charge is -2.42. The number of halogens is 1. The van der Waals surface area contributed by atoms with Gasteiger partial charge < -0.3 is 25.0 Å². The summed E-state index contributed by atoms with van der Waals surface area (Å²) in [5.74, 6) is 0.534. The van der Waals surface area contributed by atoms with Gasteiger partial charge in [0.2, 0.25) is 5.91 Å². The fourth-order valence-corrected chi connectivity index (χ4v) is 4.87. The highest BCUT2D eigenvalue weighted by Gasteiger charge is 2.44. The van der Waals surface area contributed by atoms with E-state index in [4.69, 9.17) is 9.47 Å². The van der Waals surface area contributed by atoms with Crippen molar-refractivity contribution in [1.29, 1.82) is 0 Å². The third kappa shape index (κ3) is 6.56. The van der Waals surface area contributed by atoms with Gasteiger partial charge >= 0.3 is 0 Å². The lowest BCUT2D eigenvalue weighted by Crippen LogP contribution is -2.56. The smallest absolute Gasteiger partial charge is 0.216 e. The van der Waals surface area contributed by atoms with Crippen LogP contribution in [0.25, 0.3) is 11.1 Å². The topological polar surface area (TPSA) is 88.0 Å². The lowest BCUT2D eigenvalue weighted by molar-refractivity contribution is -0.163. The van der Waals surface area contributed by atoms with Crippen LogP contribution in [0.4, 0.5) is 4.39 Å². The summed E-state index contributed by atoms with van der Waals surface area (Å²) < 4.78 is 25.7. The Kier molecular flexibility index (Phi) is 9.05. The largest absolute Gasteiger partial charge is 0.488 e. The van der Waals surface area contributed by atoms with Gasteiger partial charge in [-0.15, -0.1) is 0 Å². The normalized spacial score (nSPS) is 24.8. The van der Waals surface area contributed by atoms with E-state index in [0.717, 1.165) is 17.5 Å². The molecule has 6 nitrogen and oxygen atoms in total. The van der Waals surface area contributed by atoms with Crippen LogP contribution in [-0.4, -0.2) is 54.2 Å². The molecule has 3 rings (SSSR count). The zero-order valence-electron chi connectivity index (χ0n) is 20.3. The van der Waals surface area contributed by atoms with Crippen LogP contribution in [-0.2, 0) is 16.0 Å². The number of carbonyl (C=O) groups is 1. The Bertz CT molecular complexity index is 966. The Morgan fingerprint density at radius 3 is 2.59 bits per heavy atom. The molecule has 0 saturated heterocycles. The van der Waals surface area contributed by atoms with E-state index in [1.807, 2.05) is 24.3 Å². The van der Waals surface area contributed by atoms with E-state index in [9.17, 15) is 19.4 Å². The number of ether oxygens (including phenoxy) is 2. The Balaban J connectivity index is 1.87. The van der Waals surface area contributed by atoms with Gasteiger partial charge in [0.1, 0.15) is 29.9 Å². The molecular formula is C27H36FNO5. The van der Waals surface area contributed by atoms with Crippen LogP contribution in [0.1, 0.15) is 39.2 Å². The number of aliphatic hydroxyl groups is 2. The van der Waals surface area contributed by atoms with Crippen LogP contribution < -0.4 is 10.1 Å². The molecule has 0 heterocycles. The molecule has 3 N–H and O–H groups in total. The van der Waals surface area contributed by atoms with Crippen molar-refractivity contribution >= 4 is 5.91 Å². The van der Waals surface area contributed by atoms with Crippen molar-refractivity contribution in [2.45, 2.75) is 64.4 Å². The average Bonchev–Trinajstić information content (AvgIpc) is 2.77. The van der Waals surface area contributed by atoms with Crippen LogP contribution in [0.2, 0.25) is 0 Å². The molecule has 1 aliphatic carbocycles. The molecule has 0 aromatic heterocycles. The molecule has 34 heavy (non-hydrogen) atoms. The highest BCUT2D eigenvalue weighted by molar-refractivity contribution is 5.73. The minimum absolute atomic E-state index is 0.0491. The van der Waals surface area contributed by atoms with E-state index in [0.29, 0.717) is 36.6 Å². The maximum atomic E-state index is 14.0. The number of amides is 1. The van der Waals surface area contributed by atoms with Gasteiger partial charge in [-0.3, -0.25) is 4.79 Å². The number of rotatable bonds is 9. The van der Waals surface area contributed by atoms with E-state index in [2.05, 4.69) is 19.2 Å². The highest BCUT2D eigenvalue weighted by atomic mass is 19.1. The standard InChI is InChI=1S/C27H36FNO5/c1-16(2)12-20-14-24(25(31)26(32)27(20)33-4)34-22-9-8-18(10-11-29-17(3)30)23(15-22)19-6-5-7-21(28)13-19/h5-9,13,15-16,20,24-27,31-32H,10-12,14H2,1-4H3,(H,29,30)/t20-,24-,25+,26+,27+/m1/s1. The van der Waals surface area contributed by atoms with Gasteiger partial charge in [0.05, 0.1) is 6.10 Å². The minimum Gasteiger partial charge on any atom is -0.488 e. The summed E-state index contributed by atoms with van der Waals surface area (Å²) in [5.41, 5.74) is 2.43. The SMILES string of the molecule is CO[C@H]1[C@H](CC(C)C)C[C@@H](Oc2ccc(CCNC(C)=O)c(-c3cccc(F)c3)c2)[C@H](O)[C@@H]1O. The van der Waals surface area contributed by atoms with E-state index in [-0.39, 0.29) is 17.6 Å². The zero-order chi connectivity index (χ0) is 24.8. The molecule has 1 saturated carbocycles. The molecule has 186 valence electrons. The summed E-state index contributed by atoms with van der Waals surface area (Å²) in [5, 5.41) is 24.2. The van der Waals surface area contributed by atoms with Crippen LogP contribution >= 0.6 is 0 Å². The molecule has 0 bridgehead atoms. The second-order valence-corrected chi connectivity index (χ2v) is 9.53. The molecule has 5 atom stereocenters. The summed E-state index contributed by atoms with van der Waals surface area (Å²) in [6.07, 6.45) is -1.22. The Hall–Kier alpha value is -2.48. The van der Waals surface area contributed by atoms with Gasteiger partial charge in [-0.05, 0) is 72.1 Å². The molecule has 1 amide bonds. The highest BCUT2D eigenvalue weighted by Crippen LogP contribution is 2.36. The van der Waals surface area contributed by atoms with Crippen LogP contribution in [0.5, 0.6) is 5.75 Å². The molecule has 1 fully saturated rings. The predicted molar refractivity (Wildman–Crippen MR) is 129 cm³/mol. The van der Waals surface area contributed by atoms with Crippen molar-refractivity contribution < 1.29 is 28.9 Å². The van der Waals surface area contributed by atoms with Gasteiger partial charge in [0, 0.05) is 20.6 Å². The Morgan fingerprint density at radius 1 is 1.18 bits per heavy atom. The fourth-order valence-electron chi connectivity index (χ4n) is 4.87. The first-order valence-corrected chi connectivity index (χ1v) is 11.9. The number of aliphatic hydroxyl groups excluding tert-OH is 2. The summed E-state index contributed by atoms with van der Waals surface area (Å²) >= 11 is 0. The number of carbonyl (C=O) groups excluding carboxylic acids is 1. The van der Waals surface area contributed by atoms with E-state index >= 15 is 0 Å². The van der Waals surface area contributed by atoms with Crippen molar-refractivity contribution in [2.75, 3.05) is 13.7 Å². The maximum Gasteiger partial charge on any atom is 0.216 e. The summed E-state index contributed by atoms with van der Waals surface area (Å²) in [4.78, 5) is 11.3. The number of methoxy groups -OCH3 is 1. The predicted octanol–water partition coefficient (Wildman–Crippen LogP) is 3.72. The quantitative estimate of drug-likeness (QED) is 0.517. The zero-order valence-corrected chi connectivity index (χ0v) is 20.3. The monoisotopic (exact) mass is 473 g/mol. The molecule has 2 aromatic carbocycles. The lowest BCUT2D eigenvalue weighted by atomic mass is 9.77. The second kappa shape index (κ2) is 11.8. The van der Waals surface area contributed by atoms with Crippen molar-refractivity contribution in [1.82, 2.24) is 5.32 Å². The van der Waals surface area contributed by atoms with Crippen molar-refractivity contribution in [3.63, 3.8) is 0 Å². The maximum absolute atomic E-state index is 14.0. The molecule has 7 heteroatoms. The van der Waals surface area contributed by atoms with Crippen molar-refractivity contribution in [3.05, 3.63) is 53.8 Å². The number of hydrogen-bond acceptors (Lipinski definition) is 5. The Morgan fingerprint density at radius 2 is 1.94 bits per heavy atom. The first kappa shape index (κ1) is 26.1. The Labute approximate surface area is 201 Å². The molecular weight excluding hydrogens is 437 g/mol. The molecule has 2 aromatic rings. The third-order valence-corrected chi connectivity index (χ3v) is 6.39. The molecule has 0 unspecified atom stereocenters. The van der Waals surface area contributed by atoms with Crippen LogP contribution in [0, 0.1) is 17.7 Å². The van der Waals surface area contributed by atoms with Crippen molar-refractivity contribution in [2.24, 2.45) is 11.8 Å². The average molecular weight is 474 g/mol. The number of nitrogens with one attached hydrogen (secondary N) is 1. The molecule has 0 radical (unpaired) electrons. The summed E-state index contributed by atoms with van der Waals surface area (Å²) in [6, 6.07) is 11.9. The fraction of sp³-hybridized carbons (Fsp3) is 0.519. The first-order chi connectivity index (χ1) is 16.2. The van der Waals surface area contributed by atoms with Gasteiger partial charge in [-0.25, -0.2) is 4.39 Å². The van der Waals surface area contributed by atoms with Crippen molar-refractivity contribution in [3.8, 4) is 16.9 Å². The van der Waals surface area contributed by atoms with Crippen LogP contribution in [0.15, 0.2) is 42.5 Å². The summed E-state index contributed by atoms with van der Waals surface area (Å²) in [7, 11) is 1.56. The minimum atomic E-state index is -1.09. The van der Waals surface area contributed by atoms with E-state index < -0.39 is 24.4 Å². The second-order valence-electron chi connectivity index (χ2n) is 9.53.